The number of rotatable bonds is 9. The summed E-state index contributed by atoms with van der Waals surface area (Å²) < 4.78 is 26.8. The molecule has 0 spiro atoms. The minimum absolute atomic E-state index is 0.0444. The Hall–Kier alpha value is -1.00. The Kier molecular flexibility index (Phi) is 7.70. The van der Waals surface area contributed by atoms with Crippen LogP contribution >= 0.6 is 0 Å². The highest BCUT2D eigenvalue weighted by molar-refractivity contribution is 5.21. The van der Waals surface area contributed by atoms with Crippen LogP contribution < -0.4 is 0 Å². The number of nitrogens with zero attached hydrogens (tertiary/aromatic N) is 1. The third kappa shape index (κ3) is 5.17. The highest BCUT2D eigenvalue weighted by Gasteiger charge is 2.18. The average molecular weight is 285 g/mol. The lowest BCUT2D eigenvalue weighted by Gasteiger charge is -2.25. The lowest BCUT2D eigenvalue weighted by atomic mass is 10.1. The van der Waals surface area contributed by atoms with Crippen molar-refractivity contribution in [3.63, 3.8) is 0 Å². The van der Waals surface area contributed by atoms with Crippen molar-refractivity contribution in [2.75, 3.05) is 19.6 Å². The Balaban J connectivity index is 2.68. The molecule has 0 aromatic heterocycles. The summed E-state index contributed by atoms with van der Waals surface area (Å²) in [7, 11) is 0. The first-order valence-corrected chi connectivity index (χ1v) is 7.44. The Morgan fingerprint density at radius 1 is 1.10 bits per heavy atom. The third-order valence-electron chi connectivity index (χ3n) is 3.43. The molecular formula is C16H25F2NO. The van der Waals surface area contributed by atoms with Crippen LogP contribution in [0.3, 0.4) is 0 Å². The molecule has 0 aliphatic rings. The molecule has 20 heavy (non-hydrogen) atoms. The van der Waals surface area contributed by atoms with E-state index in [0.717, 1.165) is 44.8 Å². The van der Waals surface area contributed by atoms with Crippen LogP contribution in [0, 0.1) is 11.6 Å². The normalized spacial score (nSPS) is 12.9. The fourth-order valence-electron chi connectivity index (χ4n) is 2.18. The van der Waals surface area contributed by atoms with Crippen molar-refractivity contribution in [2.24, 2.45) is 0 Å². The maximum absolute atomic E-state index is 13.7. The molecule has 114 valence electrons. The lowest BCUT2D eigenvalue weighted by molar-refractivity contribution is 0.107. The Morgan fingerprint density at radius 3 is 2.25 bits per heavy atom. The van der Waals surface area contributed by atoms with Gasteiger partial charge < -0.3 is 10.0 Å². The van der Waals surface area contributed by atoms with Crippen LogP contribution in [-0.4, -0.2) is 29.6 Å². The minimum Gasteiger partial charge on any atom is -0.387 e. The summed E-state index contributed by atoms with van der Waals surface area (Å²) in [6.07, 6.45) is 3.25. The molecule has 1 rings (SSSR count). The van der Waals surface area contributed by atoms with Gasteiger partial charge in [0.25, 0.3) is 0 Å². The van der Waals surface area contributed by atoms with Crippen LogP contribution in [0.4, 0.5) is 8.78 Å². The van der Waals surface area contributed by atoms with Crippen LogP contribution in [0.25, 0.3) is 0 Å². The molecule has 1 aromatic carbocycles. The molecule has 1 unspecified atom stereocenters. The van der Waals surface area contributed by atoms with Gasteiger partial charge in [-0.2, -0.15) is 0 Å². The summed E-state index contributed by atoms with van der Waals surface area (Å²) >= 11 is 0. The van der Waals surface area contributed by atoms with Gasteiger partial charge >= 0.3 is 0 Å². The zero-order chi connectivity index (χ0) is 15.0. The molecule has 0 radical (unpaired) electrons. The lowest BCUT2D eigenvalue weighted by Crippen LogP contribution is -2.31. The maximum Gasteiger partial charge on any atom is 0.164 e. The van der Waals surface area contributed by atoms with Crippen molar-refractivity contribution < 1.29 is 13.9 Å². The molecule has 0 amide bonds. The number of aliphatic hydroxyl groups excluding tert-OH is 1. The summed E-state index contributed by atoms with van der Waals surface area (Å²) in [6.45, 7) is 6.33. The molecule has 1 atom stereocenters. The van der Waals surface area contributed by atoms with Crippen LogP contribution in [-0.2, 0) is 0 Å². The molecule has 0 bridgehead atoms. The fourth-order valence-corrected chi connectivity index (χ4v) is 2.18. The van der Waals surface area contributed by atoms with E-state index in [2.05, 4.69) is 18.7 Å². The highest BCUT2D eigenvalue weighted by Crippen LogP contribution is 2.20. The molecule has 0 heterocycles. The summed E-state index contributed by atoms with van der Waals surface area (Å²) in [5.74, 6) is -1.85. The van der Waals surface area contributed by atoms with E-state index < -0.39 is 17.7 Å². The summed E-state index contributed by atoms with van der Waals surface area (Å²) in [5.41, 5.74) is 0.0444. The second-order valence-electron chi connectivity index (χ2n) is 5.17. The van der Waals surface area contributed by atoms with E-state index >= 15 is 0 Å². The number of aliphatic hydroxyl groups is 1. The van der Waals surface area contributed by atoms with E-state index in [-0.39, 0.29) is 5.56 Å². The van der Waals surface area contributed by atoms with Gasteiger partial charge in [-0.3, -0.25) is 0 Å². The SMILES string of the molecule is CCCCN(CCCC)CC(O)c1cccc(F)c1F. The Labute approximate surface area is 120 Å². The monoisotopic (exact) mass is 285 g/mol. The van der Waals surface area contributed by atoms with E-state index in [4.69, 9.17) is 0 Å². The van der Waals surface area contributed by atoms with E-state index in [9.17, 15) is 13.9 Å². The van der Waals surface area contributed by atoms with Crippen molar-refractivity contribution in [1.82, 2.24) is 4.90 Å². The minimum atomic E-state index is -0.987. The van der Waals surface area contributed by atoms with Crippen molar-refractivity contribution >= 4 is 0 Å². The van der Waals surface area contributed by atoms with Crippen LogP contribution in [0.2, 0.25) is 0 Å². The zero-order valence-corrected chi connectivity index (χ0v) is 12.4. The van der Waals surface area contributed by atoms with E-state index in [1.54, 1.807) is 0 Å². The highest BCUT2D eigenvalue weighted by atomic mass is 19.2. The first kappa shape index (κ1) is 17.1. The number of halogens is 2. The molecular weight excluding hydrogens is 260 g/mol. The van der Waals surface area contributed by atoms with E-state index in [0.29, 0.717) is 6.54 Å². The Bertz CT molecular complexity index is 390. The smallest absolute Gasteiger partial charge is 0.164 e. The standard InChI is InChI=1S/C16H25F2NO/c1-3-5-10-19(11-6-4-2)12-15(20)13-8-7-9-14(17)16(13)18/h7-9,15,20H,3-6,10-12H2,1-2H3. The largest absolute Gasteiger partial charge is 0.387 e. The number of unbranched alkanes of at least 4 members (excludes halogenated alkanes) is 2. The summed E-state index contributed by atoms with van der Waals surface area (Å²) in [4.78, 5) is 2.13. The molecule has 0 aliphatic heterocycles. The molecule has 1 aromatic rings. The van der Waals surface area contributed by atoms with Crippen LogP contribution in [0.1, 0.15) is 51.2 Å². The number of benzene rings is 1. The molecule has 1 N–H and O–H groups in total. The predicted molar refractivity (Wildman–Crippen MR) is 77.6 cm³/mol. The van der Waals surface area contributed by atoms with Gasteiger partial charge in [-0.25, -0.2) is 8.78 Å². The van der Waals surface area contributed by atoms with Gasteiger partial charge in [0.2, 0.25) is 0 Å². The summed E-state index contributed by atoms with van der Waals surface area (Å²) in [5, 5.41) is 10.1. The van der Waals surface area contributed by atoms with Crippen molar-refractivity contribution in [1.29, 1.82) is 0 Å². The summed E-state index contributed by atoms with van der Waals surface area (Å²) in [6, 6.07) is 3.94. The van der Waals surface area contributed by atoms with Gasteiger partial charge in [0.1, 0.15) is 0 Å². The van der Waals surface area contributed by atoms with E-state index in [1.807, 2.05) is 0 Å². The maximum atomic E-state index is 13.7. The molecule has 4 heteroatoms. The predicted octanol–water partition coefficient (Wildman–Crippen LogP) is 3.90. The van der Waals surface area contributed by atoms with Crippen LogP contribution in [0.5, 0.6) is 0 Å². The van der Waals surface area contributed by atoms with Gasteiger partial charge in [0.15, 0.2) is 11.6 Å². The zero-order valence-electron chi connectivity index (χ0n) is 12.4. The van der Waals surface area contributed by atoms with Crippen LogP contribution in [0.15, 0.2) is 18.2 Å². The Morgan fingerprint density at radius 2 is 1.70 bits per heavy atom. The quantitative estimate of drug-likeness (QED) is 0.744. The van der Waals surface area contributed by atoms with Crippen molar-refractivity contribution in [3.8, 4) is 0 Å². The van der Waals surface area contributed by atoms with E-state index in [1.165, 1.54) is 12.1 Å². The molecule has 0 aliphatic carbocycles. The third-order valence-corrected chi connectivity index (χ3v) is 3.43. The number of hydrogen-bond acceptors (Lipinski definition) is 2. The van der Waals surface area contributed by atoms with Gasteiger partial charge in [-0.1, -0.05) is 38.8 Å². The van der Waals surface area contributed by atoms with Gasteiger partial charge in [0, 0.05) is 12.1 Å². The van der Waals surface area contributed by atoms with Gasteiger partial charge in [0.05, 0.1) is 6.10 Å². The number of hydrogen-bond donors (Lipinski definition) is 1. The average Bonchev–Trinajstić information content (AvgIpc) is 2.44. The van der Waals surface area contributed by atoms with Gasteiger partial charge in [-0.15, -0.1) is 0 Å². The topological polar surface area (TPSA) is 23.5 Å². The second kappa shape index (κ2) is 9.03. The molecule has 0 saturated carbocycles. The van der Waals surface area contributed by atoms with Gasteiger partial charge in [-0.05, 0) is 32.0 Å². The fraction of sp³-hybridized carbons (Fsp3) is 0.625. The van der Waals surface area contributed by atoms with Crippen molar-refractivity contribution in [2.45, 2.75) is 45.6 Å². The molecule has 0 saturated heterocycles. The molecule has 2 nitrogen and oxygen atoms in total. The first-order chi connectivity index (χ1) is 9.60. The second-order valence-corrected chi connectivity index (χ2v) is 5.17. The molecule has 0 fully saturated rings. The first-order valence-electron chi connectivity index (χ1n) is 7.44. The van der Waals surface area contributed by atoms with Crippen molar-refractivity contribution in [3.05, 3.63) is 35.4 Å².